The number of alkyl carbamates (subject to hydrolysis) is 1. The lowest BCUT2D eigenvalue weighted by molar-refractivity contribution is -0.328. The number of ether oxygens (including phenoxy) is 11. The van der Waals surface area contributed by atoms with Crippen LogP contribution < -0.4 is 40.2 Å². The molecule has 6 rings (SSSR count). The van der Waals surface area contributed by atoms with Crippen LogP contribution in [0.5, 0.6) is 23.0 Å². The summed E-state index contributed by atoms with van der Waals surface area (Å²) in [6, 6.07) is -2.23. The summed E-state index contributed by atoms with van der Waals surface area (Å²) in [5.74, 6) is 6.16. The zero-order valence-electron chi connectivity index (χ0n) is 75.8. The third-order valence-corrected chi connectivity index (χ3v) is 25.3. The largest absolute Gasteiger partial charge is 0.492 e. The molecule has 120 heavy (non-hydrogen) atoms. The molecule has 0 bridgehead atoms. The fraction of sp³-hybridized carbons (Fsp3) is 0.821. The predicted octanol–water partition coefficient (Wildman–Crippen LogP) is 15.7. The number of benzene rings is 2. The average molecular weight is 1700 g/mol. The van der Waals surface area contributed by atoms with Crippen LogP contribution in [0.25, 0.3) is 0 Å². The SMILES string of the molecule is C.C.CCOC(=O)[C@H](CCCCNC(=O)[C@H](CCCCNC(=O)CCOc1c(C)c(C)c2c(c1C)CC[C@@](C)(CCC[C@H](C)CCC[C@H](C)CCCC(C)C)O2)NC(=O)CCOc1c(C)c(C)c2c(c1C)CC[C@@](C)(CCC[C@H](C)CCC[C@H](C)CCCC(C)C)O2)NC(=O)O[C@@H]1C(O)[C@@H](OC)OC(CO[C@H]2OC(COC)[C@@H](O)[C@H](O)C2O)[C@H]1O. The molecule has 25 heteroatoms. The molecule has 4 amide bonds. The predicted molar refractivity (Wildman–Crippen MR) is 471 cm³/mol. The number of hydrogen-bond acceptors (Lipinski definition) is 21. The van der Waals surface area contributed by atoms with E-state index in [0.717, 1.165) is 137 Å². The fourth-order valence-corrected chi connectivity index (χ4v) is 17.3. The van der Waals surface area contributed by atoms with Gasteiger partial charge in [0.1, 0.15) is 89.0 Å². The number of fused-ring (bicyclic) bond motifs is 2. The molecule has 2 saturated heterocycles. The Morgan fingerprint density at radius 2 is 0.917 bits per heavy atom. The monoisotopic (exact) mass is 1700 g/mol. The highest BCUT2D eigenvalue weighted by Crippen LogP contribution is 2.47. The molecule has 4 unspecified atom stereocenters. The number of nitrogens with one attached hydrogen (secondary N) is 4. The number of methoxy groups -OCH3 is 2. The van der Waals surface area contributed by atoms with E-state index in [4.69, 9.17) is 52.1 Å². The molecule has 0 saturated carbocycles. The third-order valence-electron chi connectivity index (χ3n) is 25.3. The number of aliphatic hydroxyl groups excluding tert-OH is 5. The van der Waals surface area contributed by atoms with E-state index in [0.29, 0.717) is 37.6 Å². The molecule has 0 aliphatic carbocycles. The Labute approximate surface area is 722 Å². The van der Waals surface area contributed by atoms with Crippen molar-refractivity contribution in [1.82, 2.24) is 21.3 Å². The first kappa shape index (κ1) is 107. The number of unbranched alkanes of at least 4 members (excludes halogenated alkanes) is 2. The third kappa shape index (κ3) is 33.7. The maximum Gasteiger partial charge on any atom is 0.408 e. The standard InChI is InChI=1S/C93H158N4O21.2CH4/c1-20-110-88(106)72(97-91(107)116-86-78(101)74(114-89(109-19)81(86)104)56-113-90-80(103)79(102)77(100)73(115-90)55-108-18)42-22-24-52-95-87(105)71(96-76(99)46-54-112-83-64(11)66(13)85-70(68(83)15)44-50-93(17,118-85)48-30-40-62(9)38-28-36-60(7)34-26-32-58(4)5)41-21-23-51-94-75(98)45-53-111-82-63(10)65(12)84-69(67(82)14)43-49-92(16,117-84)47-29-39-61(8)37-27-35-59(6)33-25-31-57(2)3;;/h57-62,71-74,77-81,86,89-90,100-104H,20-56H2,1-19H3,(H,94,98)(H,95,105)(H,96,99)(H,97,107);2*1H4/t59-,60-,61-,62-,71+,72+,73?,74?,77-,78-,79+,80?,81?,86+,89+,90+,92-,93-;;/m1../s1. The number of aliphatic hydroxyl groups is 5. The van der Waals surface area contributed by atoms with Gasteiger partial charge in [-0.25, -0.2) is 9.59 Å². The molecule has 2 fully saturated rings. The minimum absolute atomic E-state index is 0. The van der Waals surface area contributed by atoms with Crippen molar-refractivity contribution in [1.29, 1.82) is 0 Å². The molecule has 692 valence electrons. The molecule has 4 aliphatic heterocycles. The first-order valence-electron chi connectivity index (χ1n) is 45.3. The summed E-state index contributed by atoms with van der Waals surface area (Å²) in [7, 11) is 2.56. The maximum atomic E-state index is 14.2. The van der Waals surface area contributed by atoms with Gasteiger partial charge in [0.25, 0.3) is 0 Å². The zero-order valence-corrected chi connectivity index (χ0v) is 75.8. The molecule has 18 atom stereocenters. The molecule has 0 radical (unpaired) electrons. The van der Waals surface area contributed by atoms with Crippen LogP contribution in [-0.4, -0.2) is 200 Å². The number of hydrogen-bond donors (Lipinski definition) is 9. The fourth-order valence-electron chi connectivity index (χ4n) is 17.3. The molecule has 4 heterocycles. The van der Waals surface area contributed by atoms with Gasteiger partial charge in [-0.1, -0.05) is 160 Å². The lowest BCUT2D eigenvalue weighted by atomic mass is 9.83. The molecule has 2 aromatic carbocycles. The van der Waals surface area contributed by atoms with Gasteiger partial charge in [-0.2, -0.15) is 0 Å². The average Bonchev–Trinajstić information content (AvgIpc) is 0.762. The van der Waals surface area contributed by atoms with Crippen molar-refractivity contribution in [3.05, 3.63) is 44.5 Å². The van der Waals surface area contributed by atoms with E-state index in [2.05, 4.69) is 125 Å². The zero-order chi connectivity index (χ0) is 87.0. The number of carbonyl (C=O) groups is 5. The summed E-state index contributed by atoms with van der Waals surface area (Å²) in [6.45, 7) is 37.4. The van der Waals surface area contributed by atoms with Crippen LogP contribution >= 0.6 is 0 Å². The topological polar surface area (TPSA) is 336 Å². The van der Waals surface area contributed by atoms with E-state index in [-0.39, 0.29) is 103 Å². The van der Waals surface area contributed by atoms with Gasteiger partial charge in [0.15, 0.2) is 18.7 Å². The Bertz CT molecular complexity index is 3380. The van der Waals surface area contributed by atoms with Crippen molar-refractivity contribution in [3.63, 3.8) is 0 Å². The first-order valence-corrected chi connectivity index (χ1v) is 45.3. The Morgan fingerprint density at radius 1 is 0.475 bits per heavy atom. The Balaban J connectivity index is 0.0000151. The molecular formula is C95H166N4O21. The van der Waals surface area contributed by atoms with E-state index >= 15 is 0 Å². The van der Waals surface area contributed by atoms with Crippen molar-refractivity contribution in [2.75, 3.05) is 60.3 Å². The second kappa shape index (κ2) is 53.7. The van der Waals surface area contributed by atoms with Gasteiger partial charge in [0.05, 0.1) is 45.9 Å². The number of amides is 4. The van der Waals surface area contributed by atoms with Crippen LogP contribution in [0.1, 0.15) is 315 Å². The summed E-state index contributed by atoms with van der Waals surface area (Å²) in [5.41, 5.74) is 7.91. The van der Waals surface area contributed by atoms with Gasteiger partial charge in [0.2, 0.25) is 17.7 Å². The van der Waals surface area contributed by atoms with Crippen LogP contribution in [0.2, 0.25) is 0 Å². The summed E-state index contributed by atoms with van der Waals surface area (Å²) in [5, 5.41) is 65.4. The van der Waals surface area contributed by atoms with Gasteiger partial charge in [-0.15, -0.1) is 0 Å². The highest BCUT2D eigenvalue weighted by Gasteiger charge is 2.50. The van der Waals surface area contributed by atoms with E-state index in [1.54, 1.807) is 6.92 Å². The minimum Gasteiger partial charge on any atom is -0.492 e. The van der Waals surface area contributed by atoms with Crippen LogP contribution in [0, 0.1) is 77.0 Å². The molecule has 0 spiro atoms. The van der Waals surface area contributed by atoms with Gasteiger partial charge in [0, 0.05) is 38.4 Å². The Hall–Kier alpha value is -5.61. The van der Waals surface area contributed by atoms with Crippen molar-refractivity contribution in [2.45, 2.75) is 410 Å². The highest BCUT2D eigenvalue weighted by molar-refractivity contribution is 5.87. The summed E-state index contributed by atoms with van der Waals surface area (Å²) >= 11 is 0. The lowest BCUT2D eigenvalue weighted by Gasteiger charge is -2.43. The second-order valence-electron chi connectivity index (χ2n) is 36.7. The van der Waals surface area contributed by atoms with Crippen LogP contribution in [-0.2, 0) is 65.2 Å². The molecule has 2 aromatic rings. The molecule has 25 nitrogen and oxygen atoms in total. The number of carbonyl (C=O) groups excluding carboxylic acids is 5. The Kier molecular flexibility index (Phi) is 47.7. The van der Waals surface area contributed by atoms with Gasteiger partial charge < -0.3 is 98.9 Å². The Morgan fingerprint density at radius 3 is 1.38 bits per heavy atom. The van der Waals surface area contributed by atoms with Crippen molar-refractivity contribution < 1.29 is 102 Å². The first-order chi connectivity index (χ1) is 56.0. The summed E-state index contributed by atoms with van der Waals surface area (Å²) in [4.78, 5) is 68.5. The number of rotatable bonds is 54. The van der Waals surface area contributed by atoms with E-state index in [1.165, 1.54) is 110 Å². The van der Waals surface area contributed by atoms with Crippen molar-refractivity contribution in [2.24, 2.45) is 35.5 Å². The number of esters is 1. The van der Waals surface area contributed by atoms with Gasteiger partial charge >= 0.3 is 12.1 Å². The minimum atomic E-state index is -1.77. The van der Waals surface area contributed by atoms with Gasteiger partial charge in [-0.3, -0.25) is 14.4 Å². The van der Waals surface area contributed by atoms with Crippen LogP contribution in [0.3, 0.4) is 0 Å². The van der Waals surface area contributed by atoms with E-state index in [1.807, 2.05) is 6.92 Å². The van der Waals surface area contributed by atoms with Gasteiger partial charge in [-0.05, 0) is 221 Å². The van der Waals surface area contributed by atoms with E-state index < -0.39 is 98.1 Å². The van der Waals surface area contributed by atoms with E-state index in [9.17, 15) is 49.5 Å². The van der Waals surface area contributed by atoms with Crippen molar-refractivity contribution >= 4 is 29.8 Å². The van der Waals surface area contributed by atoms with Crippen LogP contribution in [0.15, 0.2) is 0 Å². The quantitative estimate of drug-likeness (QED) is 0.0219. The molecule has 0 aromatic heterocycles. The summed E-state index contributed by atoms with van der Waals surface area (Å²) < 4.78 is 65.0. The smallest absolute Gasteiger partial charge is 0.408 e. The summed E-state index contributed by atoms with van der Waals surface area (Å²) in [6.07, 6.45) is 11.2. The molecule has 9 N–H and O–H groups in total. The normalized spacial score (nSPS) is 24.2. The highest BCUT2D eigenvalue weighted by atomic mass is 16.7. The molecule has 4 aliphatic rings. The maximum absolute atomic E-state index is 14.2. The van der Waals surface area contributed by atoms with Crippen molar-refractivity contribution in [3.8, 4) is 23.0 Å². The lowest BCUT2D eigenvalue weighted by Crippen LogP contribution is -2.62. The molecular weight excluding hydrogens is 1530 g/mol. The second-order valence-corrected chi connectivity index (χ2v) is 36.7. The van der Waals surface area contributed by atoms with Crippen LogP contribution in [0.4, 0.5) is 4.79 Å².